The first-order chi connectivity index (χ1) is 18.2. The van der Waals surface area contributed by atoms with E-state index in [0.29, 0.717) is 21.2 Å². The predicted molar refractivity (Wildman–Crippen MR) is 137 cm³/mol. The first kappa shape index (κ1) is 25.3. The molecule has 4 aromatic rings. The Morgan fingerprint density at radius 2 is 1.92 bits per heavy atom. The van der Waals surface area contributed by atoms with Gasteiger partial charge in [0.05, 0.1) is 16.5 Å². The third kappa shape index (κ3) is 4.68. The smallest absolute Gasteiger partial charge is 0.296 e. The van der Waals surface area contributed by atoms with E-state index in [9.17, 15) is 29.2 Å². The Bertz CT molecular complexity index is 1600. The highest BCUT2D eigenvalue weighted by atomic mass is 32.2. The summed E-state index contributed by atoms with van der Waals surface area (Å²) in [5.74, 6) is -2.10. The molecule has 0 spiro atoms. The van der Waals surface area contributed by atoms with Crippen LogP contribution in [0.3, 0.4) is 0 Å². The molecule has 38 heavy (non-hydrogen) atoms. The fourth-order valence-electron chi connectivity index (χ4n) is 3.93. The minimum Gasteiger partial charge on any atom is -0.503 e. The van der Waals surface area contributed by atoms with Gasteiger partial charge in [-0.15, -0.1) is 10.2 Å². The number of furan rings is 1. The molecule has 1 atom stereocenters. The summed E-state index contributed by atoms with van der Waals surface area (Å²) in [4.78, 5) is 38.3. The van der Waals surface area contributed by atoms with E-state index in [1.165, 1.54) is 48.2 Å². The number of nitro benzene ring substituents is 1. The number of thioether (sulfide) groups is 1. The van der Waals surface area contributed by atoms with Crippen molar-refractivity contribution in [2.24, 2.45) is 0 Å². The van der Waals surface area contributed by atoms with Gasteiger partial charge >= 0.3 is 0 Å². The van der Waals surface area contributed by atoms with Crippen LogP contribution in [-0.2, 0) is 10.5 Å². The van der Waals surface area contributed by atoms with Gasteiger partial charge in [-0.1, -0.05) is 41.3 Å². The number of aromatic nitrogens is 2. The van der Waals surface area contributed by atoms with Crippen molar-refractivity contribution in [2.45, 2.75) is 23.1 Å². The minimum atomic E-state index is -1.15. The molecule has 1 amide bonds. The number of hydrogen-bond donors (Lipinski definition) is 1. The number of halogens is 1. The van der Waals surface area contributed by atoms with E-state index >= 15 is 0 Å². The number of carbonyl (C=O) groups is 2. The Hall–Kier alpha value is -4.36. The highest BCUT2D eigenvalue weighted by Crippen LogP contribution is 2.44. The molecule has 13 heteroatoms. The molecule has 0 aliphatic carbocycles. The molecule has 10 nitrogen and oxygen atoms in total. The van der Waals surface area contributed by atoms with Crippen LogP contribution in [0.1, 0.15) is 33.5 Å². The van der Waals surface area contributed by atoms with Crippen molar-refractivity contribution >= 4 is 45.6 Å². The van der Waals surface area contributed by atoms with Crippen LogP contribution >= 0.6 is 23.1 Å². The Balaban J connectivity index is 1.51. The second-order valence-electron chi connectivity index (χ2n) is 8.16. The van der Waals surface area contributed by atoms with Crippen molar-refractivity contribution in [1.29, 1.82) is 0 Å². The second kappa shape index (κ2) is 10.2. The zero-order valence-corrected chi connectivity index (χ0v) is 21.2. The topological polar surface area (TPSA) is 140 Å². The van der Waals surface area contributed by atoms with Gasteiger partial charge < -0.3 is 9.52 Å². The highest BCUT2D eigenvalue weighted by Gasteiger charge is 2.46. The van der Waals surface area contributed by atoms with E-state index in [1.807, 2.05) is 0 Å². The van der Waals surface area contributed by atoms with Crippen LogP contribution in [0.2, 0.25) is 0 Å². The van der Waals surface area contributed by atoms with E-state index < -0.39 is 28.4 Å². The summed E-state index contributed by atoms with van der Waals surface area (Å²) >= 11 is 2.24. The van der Waals surface area contributed by atoms with Crippen molar-refractivity contribution in [2.75, 3.05) is 4.90 Å². The molecule has 192 valence electrons. The Kier molecular flexibility index (Phi) is 6.78. The number of nitro groups is 1. The van der Waals surface area contributed by atoms with Gasteiger partial charge in [-0.3, -0.25) is 24.6 Å². The highest BCUT2D eigenvalue weighted by molar-refractivity contribution is 8.00. The zero-order chi connectivity index (χ0) is 27.0. The minimum absolute atomic E-state index is 0.0796. The van der Waals surface area contributed by atoms with Gasteiger partial charge in [0.2, 0.25) is 10.9 Å². The van der Waals surface area contributed by atoms with Gasteiger partial charge in [-0.05, 0) is 48.4 Å². The van der Waals surface area contributed by atoms with Crippen LogP contribution in [-0.4, -0.2) is 31.9 Å². The lowest BCUT2D eigenvalue weighted by Gasteiger charge is -2.23. The fourth-order valence-corrected chi connectivity index (χ4v) is 5.78. The van der Waals surface area contributed by atoms with Crippen LogP contribution in [0.25, 0.3) is 0 Å². The van der Waals surface area contributed by atoms with Crippen molar-refractivity contribution in [3.05, 3.63) is 111 Å². The number of aryl methyl sites for hydroxylation is 1. The monoisotopic (exact) mass is 552 g/mol. The predicted octanol–water partition coefficient (Wildman–Crippen LogP) is 5.56. The summed E-state index contributed by atoms with van der Waals surface area (Å²) in [7, 11) is 0. The number of non-ortho nitro benzene ring substituents is 1. The lowest BCUT2D eigenvalue weighted by Crippen LogP contribution is -2.31. The summed E-state index contributed by atoms with van der Waals surface area (Å²) in [6, 6.07) is 13.4. The SMILES string of the molecule is Cc1ccc(C(=O)C2=C(O)C(=O)N(c3nnc(SCc4ccccc4F)s3)C2c2ccc([N+](=O)[O-])cc2)o1. The van der Waals surface area contributed by atoms with Crippen LogP contribution in [0.5, 0.6) is 0 Å². The van der Waals surface area contributed by atoms with E-state index in [1.54, 1.807) is 31.2 Å². The molecule has 1 unspecified atom stereocenters. The fraction of sp³-hybridized carbons (Fsp3) is 0.120. The molecular weight excluding hydrogens is 535 g/mol. The van der Waals surface area contributed by atoms with Gasteiger partial charge in [0.1, 0.15) is 11.6 Å². The van der Waals surface area contributed by atoms with Crippen LogP contribution in [0, 0.1) is 22.9 Å². The standard InChI is InChI=1S/C25H17FN4O6S2/c1-13-6-11-18(36-13)21(31)19-20(14-7-9-16(10-8-14)30(34)35)29(23(33)22(19)32)24-27-28-25(38-24)37-12-15-4-2-3-5-17(15)26/h2-11,20,32H,12H2,1H3. The molecule has 0 fully saturated rings. The quantitative estimate of drug-likeness (QED) is 0.0978. The molecule has 2 aromatic carbocycles. The first-order valence-corrected chi connectivity index (χ1v) is 12.9. The summed E-state index contributed by atoms with van der Waals surface area (Å²) < 4.78 is 19.9. The number of aliphatic hydroxyl groups is 1. The lowest BCUT2D eigenvalue weighted by atomic mass is 9.95. The Labute approximate surface area is 222 Å². The number of ketones is 1. The van der Waals surface area contributed by atoms with Crippen LogP contribution < -0.4 is 4.90 Å². The van der Waals surface area contributed by atoms with Gasteiger partial charge in [0.25, 0.3) is 11.6 Å². The molecule has 0 radical (unpaired) electrons. The van der Waals surface area contributed by atoms with Gasteiger partial charge in [0, 0.05) is 17.9 Å². The number of nitrogens with zero attached hydrogens (tertiary/aromatic N) is 4. The average Bonchev–Trinajstić information content (AvgIpc) is 3.62. The number of Topliss-reactive ketones (excluding diaryl/α,β-unsaturated/α-hetero) is 1. The lowest BCUT2D eigenvalue weighted by molar-refractivity contribution is -0.384. The van der Waals surface area contributed by atoms with Gasteiger partial charge in [0.15, 0.2) is 15.9 Å². The second-order valence-corrected chi connectivity index (χ2v) is 10.3. The molecule has 0 bridgehead atoms. The molecule has 2 aromatic heterocycles. The molecule has 1 aliphatic heterocycles. The third-order valence-electron chi connectivity index (χ3n) is 5.75. The summed E-state index contributed by atoms with van der Waals surface area (Å²) in [5.41, 5.74) is 0.357. The van der Waals surface area contributed by atoms with E-state index in [-0.39, 0.29) is 33.7 Å². The molecular formula is C25H17FN4O6S2. The molecule has 0 saturated carbocycles. The molecule has 1 N–H and O–H groups in total. The molecule has 0 saturated heterocycles. The maximum Gasteiger partial charge on any atom is 0.296 e. The number of hydrogen-bond acceptors (Lipinski definition) is 10. The normalized spacial score (nSPS) is 15.4. The van der Waals surface area contributed by atoms with Crippen molar-refractivity contribution in [3.8, 4) is 0 Å². The first-order valence-electron chi connectivity index (χ1n) is 11.1. The van der Waals surface area contributed by atoms with Crippen LogP contribution in [0.15, 0.2) is 80.8 Å². The molecule has 3 heterocycles. The zero-order valence-electron chi connectivity index (χ0n) is 19.5. The summed E-state index contributed by atoms with van der Waals surface area (Å²) in [6.07, 6.45) is 0. The molecule has 5 rings (SSSR count). The van der Waals surface area contributed by atoms with Crippen LogP contribution in [0.4, 0.5) is 15.2 Å². The van der Waals surface area contributed by atoms with Gasteiger partial charge in [-0.2, -0.15) is 0 Å². The summed E-state index contributed by atoms with van der Waals surface area (Å²) in [5, 5.41) is 30.2. The number of amides is 1. The maximum absolute atomic E-state index is 14.0. The summed E-state index contributed by atoms with van der Waals surface area (Å²) in [6.45, 7) is 1.65. The number of aliphatic hydroxyl groups excluding tert-OH is 1. The number of benzene rings is 2. The van der Waals surface area contributed by atoms with Crippen molar-refractivity contribution < 1.29 is 28.4 Å². The Morgan fingerprint density at radius 1 is 1.18 bits per heavy atom. The number of carbonyl (C=O) groups excluding carboxylic acids is 2. The number of anilines is 1. The van der Waals surface area contributed by atoms with Crippen molar-refractivity contribution in [1.82, 2.24) is 10.2 Å². The molecule has 1 aliphatic rings. The van der Waals surface area contributed by atoms with E-state index in [4.69, 9.17) is 4.42 Å². The Morgan fingerprint density at radius 3 is 2.58 bits per heavy atom. The average molecular weight is 553 g/mol. The largest absolute Gasteiger partial charge is 0.503 e. The number of rotatable bonds is 8. The third-order valence-corrected chi connectivity index (χ3v) is 7.85. The van der Waals surface area contributed by atoms with Crippen molar-refractivity contribution in [3.63, 3.8) is 0 Å². The van der Waals surface area contributed by atoms with E-state index in [2.05, 4.69) is 10.2 Å². The van der Waals surface area contributed by atoms with E-state index in [0.717, 1.165) is 16.2 Å². The van der Waals surface area contributed by atoms with Gasteiger partial charge in [-0.25, -0.2) is 4.39 Å². The maximum atomic E-state index is 14.0.